The maximum Gasteiger partial charge on any atom is 0.225 e. The zero-order chi connectivity index (χ0) is 21.6. The average molecular weight is 437 g/mol. The normalized spacial score (nSPS) is 22.3. The number of sulfone groups is 1. The smallest absolute Gasteiger partial charge is 0.225 e. The van der Waals surface area contributed by atoms with Crippen molar-refractivity contribution in [2.75, 3.05) is 30.9 Å². The van der Waals surface area contributed by atoms with Crippen LogP contribution in [0, 0.1) is 24.7 Å². The van der Waals surface area contributed by atoms with Crippen LogP contribution in [0.1, 0.15) is 5.56 Å². The van der Waals surface area contributed by atoms with Crippen LogP contribution in [0.4, 0.5) is 5.95 Å². The highest BCUT2D eigenvalue weighted by Crippen LogP contribution is 2.52. The number of piperidine rings is 1. The molecule has 0 amide bonds. The van der Waals surface area contributed by atoms with Crippen molar-refractivity contribution in [2.45, 2.75) is 11.8 Å². The van der Waals surface area contributed by atoms with E-state index in [9.17, 15) is 8.42 Å². The third kappa shape index (κ3) is 4.12. The molecule has 1 aliphatic heterocycles. The molecule has 160 valence electrons. The largest absolute Gasteiger partial charge is 0.492 e. The van der Waals surface area contributed by atoms with Crippen molar-refractivity contribution in [3.8, 4) is 17.0 Å². The fourth-order valence-electron chi connectivity index (χ4n) is 4.31. The lowest BCUT2D eigenvalue weighted by Crippen LogP contribution is -2.27. The summed E-state index contributed by atoms with van der Waals surface area (Å²) in [6, 6.07) is 10.6. The Hall–Kier alpha value is -3.00. The van der Waals surface area contributed by atoms with Gasteiger partial charge in [-0.2, -0.15) is 0 Å². The topological polar surface area (TPSA) is 85.3 Å². The van der Waals surface area contributed by atoms with Crippen LogP contribution in [-0.2, 0) is 9.84 Å². The molecule has 3 aromatic rings. The molecule has 3 heterocycles. The average Bonchev–Trinajstić information content (AvgIpc) is 3.21. The molecule has 0 N–H and O–H groups in total. The molecule has 31 heavy (non-hydrogen) atoms. The summed E-state index contributed by atoms with van der Waals surface area (Å²) in [5.74, 6) is 3.43. The van der Waals surface area contributed by atoms with Gasteiger partial charge in [-0.15, -0.1) is 0 Å². The summed E-state index contributed by atoms with van der Waals surface area (Å²) in [5, 5.41) is 0. The van der Waals surface area contributed by atoms with Crippen LogP contribution < -0.4 is 9.64 Å². The molecule has 0 radical (unpaired) electrons. The van der Waals surface area contributed by atoms with E-state index in [0.717, 1.165) is 41.6 Å². The maximum atomic E-state index is 11.6. The number of nitrogens with zero attached hydrogens (tertiary/aromatic N) is 4. The van der Waals surface area contributed by atoms with Gasteiger partial charge in [0.2, 0.25) is 5.95 Å². The number of anilines is 1. The molecular weight excluding hydrogens is 412 g/mol. The SMILES string of the molecule is Cc1cnc(N2CC3C(COc4ccc(-c5ccc(S(C)(=O)=O)cc5)nc4)C3C2)nc1. The van der Waals surface area contributed by atoms with E-state index in [1.54, 1.807) is 30.5 Å². The van der Waals surface area contributed by atoms with E-state index in [2.05, 4.69) is 19.9 Å². The number of pyridine rings is 1. The molecule has 0 spiro atoms. The predicted octanol–water partition coefficient (Wildman–Crippen LogP) is 3.01. The van der Waals surface area contributed by atoms with Crippen LogP contribution in [0.25, 0.3) is 11.3 Å². The van der Waals surface area contributed by atoms with Gasteiger partial charge in [-0.05, 0) is 48.6 Å². The lowest BCUT2D eigenvalue weighted by atomic mass is 10.1. The Kier molecular flexibility index (Phi) is 4.89. The molecule has 1 saturated heterocycles. The summed E-state index contributed by atoms with van der Waals surface area (Å²) >= 11 is 0. The lowest BCUT2D eigenvalue weighted by molar-refractivity contribution is 0.282. The summed E-state index contributed by atoms with van der Waals surface area (Å²) in [4.78, 5) is 15.9. The van der Waals surface area contributed by atoms with Crippen molar-refractivity contribution in [1.82, 2.24) is 15.0 Å². The first-order valence-electron chi connectivity index (χ1n) is 10.3. The van der Waals surface area contributed by atoms with Gasteiger partial charge in [0.25, 0.3) is 0 Å². The molecule has 1 saturated carbocycles. The van der Waals surface area contributed by atoms with Gasteiger partial charge >= 0.3 is 0 Å². The van der Waals surface area contributed by atoms with Gasteiger partial charge in [0.05, 0.1) is 23.4 Å². The van der Waals surface area contributed by atoms with Crippen LogP contribution in [-0.4, -0.2) is 49.3 Å². The minimum absolute atomic E-state index is 0.304. The van der Waals surface area contributed by atoms with E-state index in [0.29, 0.717) is 29.3 Å². The van der Waals surface area contributed by atoms with Crippen LogP contribution in [0.15, 0.2) is 59.9 Å². The van der Waals surface area contributed by atoms with Crippen LogP contribution >= 0.6 is 0 Å². The van der Waals surface area contributed by atoms with E-state index in [1.165, 1.54) is 6.26 Å². The van der Waals surface area contributed by atoms with Crippen molar-refractivity contribution in [3.05, 3.63) is 60.6 Å². The number of benzene rings is 1. The van der Waals surface area contributed by atoms with Crippen molar-refractivity contribution >= 4 is 15.8 Å². The fourth-order valence-corrected chi connectivity index (χ4v) is 4.94. The minimum Gasteiger partial charge on any atom is -0.492 e. The first kappa shape index (κ1) is 19.9. The number of hydrogen-bond acceptors (Lipinski definition) is 7. The van der Waals surface area contributed by atoms with E-state index in [1.807, 2.05) is 31.5 Å². The number of aryl methyl sites for hydroxylation is 1. The Balaban J connectivity index is 1.14. The molecule has 2 unspecified atom stereocenters. The first-order chi connectivity index (χ1) is 14.9. The van der Waals surface area contributed by atoms with Crippen LogP contribution in [0.2, 0.25) is 0 Å². The Morgan fingerprint density at radius 2 is 1.65 bits per heavy atom. The second kappa shape index (κ2) is 7.60. The molecule has 0 bridgehead atoms. The summed E-state index contributed by atoms with van der Waals surface area (Å²) in [6.07, 6.45) is 6.66. The molecule has 5 rings (SSSR count). The van der Waals surface area contributed by atoms with E-state index in [-0.39, 0.29) is 0 Å². The van der Waals surface area contributed by atoms with E-state index in [4.69, 9.17) is 4.74 Å². The Bertz CT molecular complexity index is 1170. The second-order valence-electron chi connectivity index (χ2n) is 8.44. The summed E-state index contributed by atoms with van der Waals surface area (Å²) in [5.41, 5.74) is 2.73. The van der Waals surface area contributed by atoms with Crippen LogP contribution in [0.5, 0.6) is 5.75 Å². The van der Waals surface area contributed by atoms with Gasteiger partial charge in [0.15, 0.2) is 9.84 Å². The number of fused-ring (bicyclic) bond motifs is 1. The van der Waals surface area contributed by atoms with Crippen molar-refractivity contribution in [3.63, 3.8) is 0 Å². The molecule has 2 aromatic heterocycles. The lowest BCUT2D eigenvalue weighted by Gasteiger charge is -2.19. The van der Waals surface area contributed by atoms with Gasteiger partial charge in [-0.3, -0.25) is 4.98 Å². The summed E-state index contributed by atoms with van der Waals surface area (Å²) in [6.45, 7) is 4.67. The number of hydrogen-bond donors (Lipinski definition) is 0. The fraction of sp³-hybridized carbons (Fsp3) is 0.348. The van der Waals surface area contributed by atoms with Crippen LogP contribution in [0.3, 0.4) is 0 Å². The molecule has 1 aromatic carbocycles. The Labute approximate surface area is 182 Å². The Morgan fingerprint density at radius 3 is 2.23 bits per heavy atom. The van der Waals surface area contributed by atoms with Crippen molar-refractivity contribution in [1.29, 1.82) is 0 Å². The summed E-state index contributed by atoms with van der Waals surface area (Å²) in [7, 11) is -3.20. The zero-order valence-corrected chi connectivity index (χ0v) is 18.3. The summed E-state index contributed by atoms with van der Waals surface area (Å²) < 4.78 is 29.2. The highest BCUT2D eigenvalue weighted by atomic mass is 32.2. The number of aromatic nitrogens is 3. The Morgan fingerprint density at radius 1 is 0.968 bits per heavy atom. The molecule has 2 aliphatic rings. The van der Waals surface area contributed by atoms with Gasteiger partial charge in [0.1, 0.15) is 5.75 Å². The predicted molar refractivity (Wildman–Crippen MR) is 118 cm³/mol. The highest BCUT2D eigenvalue weighted by Gasteiger charge is 2.56. The third-order valence-corrected chi connectivity index (χ3v) is 7.31. The second-order valence-corrected chi connectivity index (χ2v) is 10.5. The van der Waals surface area contributed by atoms with Gasteiger partial charge < -0.3 is 9.64 Å². The molecule has 2 fully saturated rings. The van der Waals surface area contributed by atoms with Gasteiger partial charge in [0, 0.05) is 43.2 Å². The van der Waals surface area contributed by atoms with Gasteiger partial charge in [-0.25, -0.2) is 18.4 Å². The number of ether oxygens (including phenoxy) is 1. The van der Waals surface area contributed by atoms with Crippen molar-refractivity contribution in [2.24, 2.45) is 17.8 Å². The van der Waals surface area contributed by atoms with E-state index >= 15 is 0 Å². The van der Waals surface area contributed by atoms with E-state index < -0.39 is 9.84 Å². The molecule has 7 nitrogen and oxygen atoms in total. The standard InChI is InChI=1S/C23H24N4O3S/c1-15-9-25-23(26-10-15)27-12-19-20(13-27)21(19)14-30-17-5-8-22(24-11-17)16-3-6-18(7-4-16)31(2,28)29/h3-11,19-21H,12-14H2,1-2H3. The van der Waals surface area contributed by atoms with Gasteiger partial charge in [-0.1, -0.05) is 12.1 Å². The zero-order valence-electron chi connectivity index (χ0n) is 17.5. The molecule has 8 heteroatoms. The first-order valence-corrected chi connectivity index (χ1v) is 12.2. The highest BCUT2D eigenvalue weighted by molar-refractivity contribution is 7.90. The third-order valence-electron chi connectivity index (χ3n) is 6.18. The maximum absolute atomic E-state index is 11.6. The minimum atomic E-state index is -3.20. The molecule has 2 atom stereocenters. The quantitative estimate of drug-likeness (QED) is 0.587. The molecule has 1 aliphatic carbocycles. The monoisotopic (exact) mass is 436 g/mol. The van der Waals surface area contributed by atoms with Crippen molar-refractivity contribution < 1.29 is 13.2 Å². The molecular formula is C23H24N4O3S. The number of rotatable bonds is 6.